The van der Waals surface area contributed by atoms with Crippen molar-refractivity contribution < 1.29 is 9.13 Å². The molecule has 0 atom stereocenters. The smallest absolute Gasteiger partial charge is 0.130 e. The molecule has 82 valence electrons. The predicted octanol–water partition coefficient (Wildman–Crippen LogP) is 2.36. The van der Waals surface area contributed by atoms with Gasteiger partial charge in [0.2, 0.25) is 0 Å². The number of halogens is 2. The Morgan fingerprint density at radius 1 is 1.53 bits per heavy atom. The highest BCUT2D eigenvalue weighted by atomic mass is 35.5. The van der Waals surface area contributed by atoms with Gasteiger partial charge < -0.3 is 10.1 Å². The Bertz CT molecular complexity index is 366. The van der Waals surface area contributed by atoms with E-state index < -0.39 is 0 Å². The third-order valence-corrected chi connectivity index (χ3v) is 2.82. The topological polar surface area (TPSA) is 21.3 Å². The first-order valence-electron chi connectivity index (χ1n) is 4.88. The summed E-state index contributed by atoms with van der Waals surface area (Å²) in [4.78, 5) is 0. The third-order valence-electron chi connectivity index (χ3n) is 2.59. The molecule has 0 aromatic heterocycles. The summed E-state index contributed by atoms with van der Waals surface area (Å²) in [7, 11) is 0. The lowest BCUT2D eigenvalue weighted by Gasteiger charge is -2.39. The van der Waals surface area contributed by atoms with Gasteiger partial charge in [0.15, 0.2) is 0 Å². The minimum atomic E-state index is -0.307. The summed E-state index contributed by atoms with van der Waals surface area (Å²) in [5.74, 6) is -0.307. The van der Waals surface area contributed by atoms with Gasteiger partial charge in [-0.05, 0) is 19.1 Å². The van der Waals surface area contributed by atoms with E-state index in [0.29, 0.717) is 17.2 Å². The Balaban J connectivity index is 1.98. The van der Waals surface area contributed by atoms with Crippen LogP contribution in [-0.4, -0.2) is 18.7 Å². The standard InChI is InChI=1S/C11H13ClFNO/c1-11(6-14-7-11)15-5-8-2-3-9(12)4-10(8)13/h2-4,14H,5-7H2,1H3. The van der Waals surface area contributed by atoms with E-state index in [2.05, 4.69) is 5.32 Å². The number of hydrogen-bond acceptors (Lipinski definition) is 2. The van der Waals surface area contributed by atoms with Crippen LogP contribution in [0, 0.1) is 5.82 Å². The maximum atomic E-state index is 13.4. The van der Waals surface area contributed by atoms with Crippen molar-refractivity contribution >= 4 is 11.6 Å². The van der Waals surface area contributed by atoms with Gasteiger partial charge in [-0.3, -0.25) is 0 Å². The van der Waals surface area contributed by atoms with Crippen molar-refractivity contribution in [2.45, 2.75) is 19.1 Å². The summed E-state index contributed by atoms with van der Waals surface area (Å²) >= 11 is 5.65. The first-order valence-corrected chi connectivity index (χ1v) is 5.25. The molecule has 1 aliphatic heterocycles. The first kappa shape index (κ1) is 10.9. The monoisotopic (exact) mass is 229 g/mol. The molecule has 0 radical (unpaired) electrons. The van der Waals surface area contributed by atoms with Crippen LogP contribution in [0.1, 0.15) is 12.5 Å². The first-order chi connectivity index (χ1) is 7.09. The third kappa shape index (κ3) is 2.48. The van der Waals surface area contributed by atoms with Crippen LogP contribution in [0.15, 0.2) is 18.2 Å². The van der Waals surface area contributed by atoms with Gasteiger partial charge in [-0.1, -0.05) is 17.7 Å². The molecule has 1 fully saturated rings. The molecule has 4 heteroatoms. The summed E-state index contributed by atoms with van der Waals surface area (Å²) in [6, 6.07) is 4.64. The Labute approximate surface area is 93.4 Å². The molecule has 0 spiro atoms. The van der Waals surface area contributed by atoms with E-state index in [9.17, 15) is 4.39 Å². The molecule has 1 aliphatic rings. The van der Waals surface area contributed by atoms with Crippen molar-refractivity contribution in [1.29, 1.82) is 0 Å². The largest absolute Gasteiger partial charge is 0.368 e. The molecule has 0 bridgehead atoms. The molecule has 1 N–H and O–H groups in total. The molecule has 0 amide bonds. The minimum absolute atomic E-state index is 0.147. The lowest BCUT2D eigenvalue weighted by molar-refractivity contribution is -0.0775. The molecule has 1 aromatic carbocycles. The Morgan fingerprint density at radius 3 is 2.80 bits per heavy atom. The SMILES string of the molecule is CC1(OCc2ccc(Cl)cc2F)CNC1. The molecule has 1 heterocycles. The molecule has 2 rings (SSSR count). The van der Waals surface area contributed by atoms with Gasteiger partial charge >= 0.3 is 0 Å². The molecule has 2 nitrogen and oxygen atoms in total. The van der Waals surface area contributed by atoms with Crippen LogP contribution in [0.2, 0.25) is 5.02 Å². The molecule has 1 aromatic rings. The molecule has 15 heavy (non-hydrogen) atoms. The number of hydrogen-bond donors (Lipinski definition) is 1. The normalized spacial score (nSPS) is 18.6. The highest BCUT2D eigenvalue weighted by Crippen LogP contribution is 2.20. The second kappa shape index (κ2) is 4.08. The minimum Gasteiger partial charge on any atom is -0.368 e. The maximum Gasteiger partial charge on any atom is 0.130 e. The number of benzene rings is 1. The highest BCUT2D eigenvalue weighted by Gasteiger charge is 2.32. The molecular weight excluding hydrogens is 217 g/mol. The van der Waals surface area contributed by atoms with E-state index in [1.807, 2.05) is 6.92 Å². The number of nitrogens with one attached hydrogen (secondary N) is 1. The average Bonchev–Trinajstić information content (AvgIpc) is 2.14. The van der Waals surface area contributed by atoms with E-state index >= 15 is 0 Å². The zero-order valence-electron chi connectivity index (χ0n) is 8.52. The Morgan fingerprint density at radius 2 is 2.27 bits per heavy atom. The van der Waals surface area contributed by atoms with E-state index in [4.69, 9.17) is 16.3 Å². The summed E-state index contributed by atoms with van der Waals surface area (Å²) in [5, 5.41) is 3.53. The fraction of sp³-hybridized carbons (Fsp3) is 0.455. The van der Waals surface area contributed by atoms with Crippen LogP contribution in [-0.2, 0) is 11.3 Å². The summed E-state index contributed by atoms with van der Waals surface area (Å²) in [6.45, 7) is 3.95. The van der Waals surface area contributed by atoms with Gasteiger partial charge in [-0.25, -0.2) is 4.39 Å². The van der Waals surface area contributed by atoms with Crippen molar-refractivity contribution in [3.8, 4) is 0 Å². The van der Waals surface area contributed by atoms with Gasteiger partial charge in [-0.2, -0.15) is 0 Å². The van der Waals surface area contributed by atoms with Crippen LogP contribution < -0.4 is 5.32 Å². The zero-order valence-corrected chi connectivity index (χ0v) is 9.27. The molecule has 1 saturated heterocycles. The summed E-state index contributed by atoms with van der Waals surface area (Å²) < 4.78 is 19.0. The van der Waals surface area contributed by atoms with Gasteiger partial charge in [0.25, 0.3) is 0 Å². The van der Waals surface area contributed by atoms with Crippen LogP contribution in [0.3, 0.4) is 0 Å². The van der Waals surface area contributed by atoms with Crippen molar-refractivity contribution in [2.75, 3.05) is 13.1 Å². The van der Waals surface area contributed by atoms with Gasteiger partial charge in [0.05, 0.1) is 12.2 Å². The van der Waals surface area contributed by atoms with Crippen LogP contribution >= 0.6 is 11.6 Å². The molecule has 0 unspecified atom stereocenters. The van der Waals surface area contributed by atoms with Crippen LogP contribution in [0.5, 0.6) is 0 Å². The highest BCUT2D eigenvalue weighted by molar-refractivity contribution is 6.30. The second-order valence-electron chi connectivity index (χ2n) is 4.08. The van der Waals surface area contributed by atoms with Gasteiger partial charge in [0.1, 0.15) is 5.82 Å². The molecule has 0 saturated carbocycles. The predicted molar refractivity (Wildman–Crippen MR) is 57.5 cm³/mol. The van der Waals surface area contributed by atoms with Crippen molar-refractivity contribution in [3.63, 3.8) is 0 Å². The van der Waals surface area contributed by atoms with E-state index in [1.54, 1.807) is 12.1 Å². The lowest BCUT2D eigenvalue weighted by atomic mass is 10.00. The van der Waals surface area contributed by atoms with Crippen LogP contribution in [0.25, 0.3) is 0 Å². The van der Waals surface area contributed by atoms with Gasteiger partial charge in [-0.15, -0.1) is 0 Å². The van der Waals surface area contributed by atoms with Crippen molar-refractivity contribution in [1.82, 2.24) is 5.32 Å². The van der Waals surface area contributed by atoms with Gasteiger partial charge in [0, 0.05) is 23.7 Å². The van der Waals surface area contributed by atoms with Crippen LogP contribution in [0.4, 0.5) is 4.39 Å². The van der Waals surface area contributed by atoms with Crippen molar-refractivity contribution in [2.24, 2.45) is 0 Å². The number of ether oxygens (including phenoxy) is 1. The average molecular weight is 230 g/mol. The van der Waals surface area contributed by atoms with E-state index in [1.165, 1.54) is 6.07 Å². The van der Waals surface area contributed by atoms with Crippen molar-refractivity contribution in [3.05, 3.63) is 34.6 Å². The maximum absolute atomic E-state index is 13.4. The molecule has 0 aliphatic carbocycles. The zero-order chi connectivity index (χ0) is 10.9. The summed E-state index contributed by atoms with van der Waals surface area (Å²) in [6.07, 6.45) is 0. The quantitative estimate of drug-likeness (QED) is 0.859. The molecular formula is C11H13ClFNO. The Hall–Kier alpha value is -0.640. The summed E-state index contributed by atoms with van der Waals surface area (Å²) in [5.41, 5.74) is 0.402. The number of rotatable bonds is 3. The Kier molecular flexibility index (Phi) is 2.96. The fourth-order valence-electron chi connectivity index (χ4n) is 1.47. The van der Waals surface area contributed by atoms with E-state index in [0.717, 1.165) is 13.1 Å². The fourth-order valence-corrected chi connectivity index (χ4v) is 1.63. The lowest BCUT2D eigenvalue weighted by Crippen LogP contribution is -2.58. The van der Waals surface area contributed by atoms with E-state index in [-0.39, 0.29) is 11.4 Å². The second-order valence-corrected chi connectivity index (χ2v) is 4.51.